The van der Waals surface area contributed by atoms with E-state index in [-0.39, 0.29) is 12.2 Å². The molecule has 0 aliphatic carbocycles. The van der Waals surface area contributed by atoms with Gasteiger partial charge >= 0.3 is 0 Å². The average Bonchev–Trinajstić information content (AvgIpc) is 1.67. The van der Waals surface area contributed by atoms with Crippen molar-refractivity contribution in [2.45, 2.75) is 25.9 Å². The van der Waals surface area contributed by atoms with Crippen molar-refractivity contribution in [2.75, 3.05) is 0 Å². The van der Waals surface area contributed by atoms with Crippen LogP contribution in [0.25, 0.3) is 0 Å². The molecule has 0 amide bonds. The maximum absolute atomic E-state index is 12.6. The summed E-state index contributed by atoms with van der Waals surface area (Å²) in [6.45, 7) is 6.03. The summed E-state index contributed by atoms with van der Waals surface area (Å²) in [4.78, 5) is 0. The van der Waals surface area contributed by atoms with Crippen LogP contribution in [0.5, 0.6) is 0 Å². The van der Waals surface area contributed by atoms with Gasteiger partial charge in [-0.05, 0) is 13.3 Å². The van der Waals surface area contributed by atoms with E-state index < -0.39 is 5.67 Å². The van der Waals surface area contributed by atoms with Gasteiger partial charge in [-0.25, -0.2) is 4.39 Å². The standard InChI is InChI=1S/C6H11FO/c1-4-6(3,7)5(2)8/h8H,2,4H2,1,3H3. The Balaban J connectivity index is 3.91. The largest absolute Gasteiger partial charge is 0.510 e. The van der Waals surface area contributed by atoms with E-state index >= 15 is 0 Å². The van der Waals surface area contributed by atoms with E-state index in [1.54, 1.807) is 6.92 Å². The highest BCUT2D eigenvalue weighted by atomic mass is 19.1. The second-order valence-corrected chi connectivity index (χ2v) is 2.00. The first-order chi connectivity index (χ1) is 3.50. The minimum Gasteiger partial charge on any atom is -0.510 e. The zero-order chi connectivity index (χ0) is 6.78. The molecule has 1 atom stereocenters. The van der Waals surface area contributed by atoms with Crippen molar-refractivity contribution in [3.63, 3.8) is 0 Å². The normalized spacial score (nSPS) is 17.4. The first kappa shape index (κ1) is 7.47. The van der Waals surface area contributed by atoms with Crippen molar-refractivity contribution >= 4 is 0 Å². The second kappa shape index (κ2) is 2.16. The van der Waals surface area contributed by atoms with Crippen LogP contribution in [-0.4, -0.2) is 10.8 Å². The highest BCUT2D eigenvalue weighted by molar-refractivity contribution is 4.99. The van der Waals surface area contributed by atoms with Gasteiger partial charge in [0.25, 0.3) is 0 Å². The minimum atomic E-state index is -1.60. The summed E-state index contributed by atoms with van der Waals surface area (Å²) in [7, 11) is 0. The Morgan fingerprint density at radius 3 is 2.25 bits per heavy atom. The fourth-order valence-electron chi connectivity index (χ4n) is 0.204. The van der Waals surface area contributed by atoms with Gasteiger partial charge in [0, 0.05) is 0 Å². The zero-order valence-electron chi connectivity index (χ0n) is 5.24. The Kier molecular flexibility index (Phi) is 2.02. The first-order valence-corrected chi connectivity index (χ1v) is 2.58. The molecule has 1 nitrogen and oxygen atoms in total. The third kappa shape index (κ3) is 1.52. The average molecular weight is 118 g/mol. The maximum atomic E-state index is 12.6. The van der Waals surface area contributed by atoms with Crippen molar-refractivity contribution in [1.82, 2.24) is 0 Å². The highest BCUT2D eigenvalue weighted by Crippen LogP contribution is 2.20. The number of halogens is 1. The molecule has 48 valence electrons. The third-order valence-electron chi connectivity index (χ3n) is 1.27. The number of hydrogen-bond donors (Lipinski definition) is 1. The second-order valence-electron chi connectivity index (χ2n) is 2.00. The molecular formula is C6H11FO. The SMILES string of the molecule is C=C(O)C(C)(F)CC. The van der Waals surface area contributed by atoms with Gasteiger partial charge in [-0.2, -0.15) is 0 Å². The minimum absolute atomic E-state index is 0.266. The van der Waals surface area contributed by atoms with Crippen molar-refractivity contribution in [3.05, 3.63) is 12.3 Å². The molecule has 1 N–H and O–H groups in total. The number of hydrogen-bond acceptors (Lipinski definition) is 1. The van der Waals surface area contributed by atoms with E-state index in [0.717, 1.165) is 0 Å². The van der Waals surface area contributed by atoms with Crippen molar-refractivity contribution in [1.29, 1.82) is 0 Å². The molecule has 0 radical (unpaired) electrons. The van der Waals surface area contributed by atoms with Gasteiger partial charge in [-0.1, -0.05) is 13.5 Å². The highest BCUT2D eigenvalue weighted by Gasteiger charge is 2.23. The molecule has 0 rings (SSSR count). The zero-order valence-corrected chi connectivity index (χ0v) is 5.24. The molecule has 0 aromatic heterocycles. The molecule has 0 bridgehead atoms. The van der Waals surface area contributed by atoms with Crippen LogP contribution >= 0.6 is 0 Å². The van der Waals surface area contributed by atoms with Crippen LogP contribution in [0.4, 0.5) is 4.39 Å². The molecule has 0 saturated heterocycles. The number of alkyl halides is 1. The Morgan fingerprint density at radius 1 is 1.88 bits per heavy atom. The van der Waals surface area contributed by atoms with Gasteiger partial charge in [0.1, 0.15) is 5.76 Å². The fourth-order valence-corrected chi connectivity index (χ4v) is 0.204. The van der Waals surface area contributed by atoms with Crippen LogP contribution in [0, 0.1) is 0 Å². The smallest absolute Gasteiger partial charge is 0.163 e. The number of allylic oxidation sites excluding steroid dienone is 1. The lowest BCUT2D eigenvalue weighted by molar-refractivity contribution is 0.155. The van der Waals surface area contributed by atoms with Crippen molar-refractivity contribution < 1.29 is 9.50 Å². The summed E-state index contributed by atoms with van der Waals surface area (Å²) in [5.74, 6) is -0.389. The molecule has 0 aliphatic heterocycles. The first-order valence-electron chi connectivity index (χ1n) is 2.58. The molecule has 0 aromatic rings. The van der Waals surface area contributed by atoms with Crippen LogP contribution in [-0.2, 0) is 0 Å². The summed E-state index contributed by atoms with van der Waals surface area (Å²) in [6, 6.07) is 0. The number of aliphatic hydroxyl groups is 1. The van der Waals surface area contributed by atoms with Gasteiger partial charge in [-0.3, -0.25) is 0 Å². The molecule has 2 heteroatoms. The van der Waals surface area contributed by atoms with E-state index in [4.69, 9.17) is 5.11 Å². The molecule has 1 unspecified atom stereocenters. The molecule has 0 aromatic carbocycles. The monoisotopic (exact) mass is 118 g/mol. The van der Waals surface area contributed by atoms with Crippen LogP contribution in [0.1, 0.15) is 20.3 Å². The summed E-state index contributed by atoms with van der Waals surface area (Å²) >= 11 is 0. The lowest BCUT2D eigenvalue weighted by Gasteiger charge is -2.14. The van der Waals surface area contributed by atoms with Crippen LogP contribution in [0.15, 0.2) is 12.3 Å². The quantitative estimate of drug-likeness (QED) is 0.551. The van der Waals surface area contributed by atoms with E-state index in [1.807, 2.05) is 0 Å². The molecule has 0 aliphatic rings. The van der Waals surface area contributed by atoms with E-state index in [0.29, 0.717) is 0 Å². The lowest BCUT2D eigenvalue weighted by atomic mass is 10.1. The van der Waals surface area contributed by atoms with Gasteiger partial charge < -0.3 is 5.11 Å². The number of rotatable bonds is 2. The van der Waals surface area contributed by atoms with Gasteiger partial charge in [0.2, 0.25) is 0 Å². The molecule has 0 fully saturated rings. The molecule has 0 heterocycles. The third-order valence-corrected chi connectivity index (χ3v) is 1.27. The van der Waals surface area contributed by atoms with Gasteiger partial charge in [-0.15, -0.1) is 0 Å². The lowest BCUT2D eigenvalue weighted by Crippen LogP contribution is -2.18. The molecule has 0 saturated carbocycles. The van der Waals surface area contributed by atoms with Gasteiger partial charge in [0.15, 0.2) is 5.67 Å². The number of aliphatic hydroxyl groups excluding tert-OH is 1. The Labute approximate surface area is 48.8 Å². The predicted octanol–water partition coefficient (Wildman–Crippen LogP) is 2.20. The Hall–Kier alpha value is -0.530. The van der Waals surface area contributed by atoms with Crippen LogP contribution in [0.3, 0.4) is 0 Å². The summed E-state index contributed by atoms with van der Waals surface area (Å²) in [5, 5.41) is 8.51. The van der Waals surface area contributed by atoms with Gasteiger partial charge in [0.05, 0.1) is 0 Å². The Morgan fingerprint density at radius 2 is 2.25 bits per heavy atom. The summed E-state index contributed by atoms with van der Waals surface area (Å²) < 4.78 is 12.6. The summed E-state index contributed by atoms with van der Waals surface area (Å²) in [6.07, 6.45) is 0.266. The maximum Gasteiger partial charge on any atom is 0.163 e. The van der Waals surface area contributed by atoms with Crippen LogP contribution in [0.2, 0.25) is 0 Å². The van der Waals surface area contributed by atoms with E-state index in [9.17, 15) is 4.39 Å². The van der Waals surface area contributed by atoms with Crippen LogP contribution < -0.4 is 0 Å². The Bertz CT molecular complexity index is 96.7. The fraction of sp³-hybridized carbons (Fsp3) is 0.667. The molecule has 0 spiro atoms. The molecule has 8 heavy (non-hydrogen) atoms. The predicted molar refractivity (Wildman–Crippen MR) is 31.6 cm³/mol. The van der Waals surface area contributed by atoms with E-state index in [1.165, 1.54) is 6.92 Å². The molecular weight excluding hydrogens is 107 g/mol. The topological polar surface area (TPSA) is 20.2 Å². The summed E-state index contributed by atoms with van der Waals surface area (Å²) in [5.41, 5.74) is -1.60. The van der Waals surface area contributed by atoms with Crippen molar-refractivity contribution in [3.8, 4) is 0 Å². The van der Waals surface area contributed by atoms with E-state index in [2.05, 4.69) is 6.58 Å². The van der Waals surface area contributed by atoms with Crippen molar-refractivity contribution in [2.24, 2.45) is 0 Å².